The highest BCUT2D eigenvalue weighted by atomic mass is 16.5. The molecule has 7 atom stereocenters. The van der Waals surface area contributed by atoms with Crippen LogP contribution in [0.25, 0.3) is 0 Å². The summed E-state index contributed by atoms with van der Waals surface area (Å²) in [5.74, 6) is -0.940. The zero-order valence-electron chi connectivity index (χ0n) is 18.8. The van der Waals surface area contributed by atoms with Gasteiger partial charge in [-0.3, -0.25) is 14.4 Å². The Morgan fingerprint density at radius 2 is 1.50 bits per heavy atom. The molecule has 6 nitrogen and oxygen atoms in total. The van der Waals surface area contributed by atoms with Crippen LogP contribution in [0, 0.1) is 35.5 Å². The third-order valence-corrected chi connectivity index (χ3v) is 8.00. The van der Waals surface area contributed by atoms with Crippen molar-refractivity contribution in [3.8, 4) is 0 Å². The number of ether oxygens (including phenoxy) is 1. The predicted molar refractivity (Wildman–Crippen MR) is 124 cm³/mol. The average molecular weight is 456 g/mol. The van der Waals surface area contributed by atoms with Crippen molar-refractivity contribution < 1.29 is 23.9 Å². The SMILES string of the molecule is CC[C@H](OC(=O)c1ccccc1N1C(=O)[C@@H]2[C@@H]3C=C[C@H]([C@H]4C[C@H]34)[C@@H]2C1=O)C(=O)c1ccccc1. The van der Waals surface area contributed by atoms with E-state index < -0.39 is 12.1 Å². The molecule has 6 heteroatoms. The molecule has 0 unspecified atom stereocenters. The van der Waals surface area contributed by atoms with E-state index >= 15 is 0 Å². The third kappa shape index (κ3) is 3.01. The number of carbonyl (C=O) groups is 4. The van der Waals surface area contributed by atoms with Gasteiger partial charge in [-0.05, 0) is 48.6 Å². The van der Waals surface area contributed by atoms with E-state index in [9.17, 15) is 19.2 Å². The van der Waals surface area contributed by atoms with Gasteiger partial charge in [0.1, 0.15) is 0 Å². The van der Waals surface area contributed by atoms with E-state index in [1.807, 2.05) is 6.07 Å². The van der Waals surface area contributed by atoms with E-state index in [1.54, 1.807) is 55.5 Å². The lowest BCUT2D eigenvalue weighted by Gasteiger charge is -2.37. The molecule has 0 aromatic heterocycles. The number of rotatable bonds is 6. The lowest BCUT2D eigenvalue weighted by Crippen LogP contribution is -2.40. The van der Waals surface area contributed by atoms with Crippen LogP contribution in [0.4, 0.5) is 5.69 Å². The van der Waals surface area contributed by atoms with E-state index in [2.05, 4.69) is 12.2 Å². The van der Waals surface area contributed by atoms with Gasteiger partial charge in [0.05, 0.1) is 23.1 Å². The molecule has 2 saturated carbocycles. The summed E-state index contributed by atoms with van der Waals surface area (Å²) < 4.78 is 5.62. The second kappa shape index (κ2) is 7.76. The topological polar surface area (TPSA) is 80.8 Å². The van der Waals surface area contributed by atoms with E-state index in [1.165, 1.54) is 4.90 Å². The summed E-state index contributed by atoms with van der Waals surface area (Å²) in [6.45, 7) is 1.77. The molecule has 34 heavy (non-hydrogen) atoms. The predicted octanol–water partition coefficient (Wildman–Crippen LogP) is 4.06. The fourth-order valence-electron chi connectivity index (χ4n) is 6.34. The second-order valence-electron chi connectivity index (χ2n) is 9.72. The number of benzene rings is 2. The van der Waals surface area contributed by atoms with E-state index in [0.717, 1.165) is 6.42 Å². The second-order valence-corrected chi connectivity index (χ2v) is 9.72. The van der Waals surface area contributed by atoms with Crippen molar-refractivity contribution in [2.45, 2.75) is 25.9 Å². The average Bonchev–Trinajstić information content (AvgIpc) is 3.65. The van der Waals surface area contributed by atoms with Crippen molar-refractivity contribution in [1.82, 2.24) is 0 Å². The van der Waals surface area contributed by atoms with Crippen LogP contribution in [0.2, 0.25) is 0 Å². The molecule has 2 bridgehead atoms. The van der Waals surface area contributed by atoms with Crippen molar-refractivity contribution in [3.63, 3.8) is 0 Å². The first-order valence-corrected chi connectivity index (χ1v) is 12.0. The van der Waals surface area contributed by atoms with Crippen LogP contribution in [0.1, 0.15) is 40.5 Å². The minimum atomic E-state index is -0.956. The molecule has 5 aliphatic rings. The monoisotopic (exact) mass is 455 g/mol. The number of ketones is 1. The number of hydrogen-bond donors (Lipinski definition) is 0. The van der Waals surface area contributed by atoms with Crippen LogP contribution in [-0.2, 0) is 14.3 Å². The van der Waals surface area contributed by atoms with Gasteiger partial charge < -0.3 is 4.74 Å². The number of amides is 2. The van der Waals surface area contributed by atoms with Crippen LogP contribution in [0.3, 0.4) is 0 Å². The molecular formula is C28H25NO5. The third-order valence-electron chi connectivity index (χ3n) is 8.00. The van der Waals surface area contributed by atoms with E-state index in [4.69, 9.17) is 4.74 Å². The summed E-state index contributed by atoms with van der Waals surface area (Å²) in [5.41, 5.74) is 0.825. The van der Waals surface area contributed by atoms with Crippen LogP contribution < -0.4 is 4.90 Å². The number of carbonyl (C=O) groups excluding carboxylic acids is 4. The van der Waals surface area contributed by atoms with E-state index in [-0.39, 0.29) is 52.5 Å². The number of anilines is 1. The van der Waals surface area contributed by atoms with Gasteiger partial charge in [-0.15, -0.1) is 0 Å². The number of Topliss-reactive ketones (excluding diaryl/α,β-unsaturated/α-hetero) is 1. The molecule has 3 fully saturated rings. The van der Waals surface area contributed by atoms with Gasteiger partial charge in [0, 0.05) is 5.56 Å². The zero-order valence-corrected chi connectivity index (χ0v) is 18.8. The first-order valence-electron chi connectivity index (χ1n) is 12.0. The van der Waals surface area contributed by atoms with Crippen molar-refractivity contribution >= 4 is 29.3 Å². The summed E-state index contributed by atoms with van der Waals surface area (Å²) in [7, 11) is 0. The minimum Gasteiger partial charge on any atom is -0.450 e. The maximum absolute atomic E-state index is 13.5. The number of para-hydroxylation sites is 1. The van der Waals surface area contributed by atoms with Crippen LogP contribution in [0.15, 0.2) is 66.7 Å². The van der Waals surface area contributed by atoms with Gasteiger partial charge in [0.25, 0.3) is 0 Å². The molecule has 172 valence electrons. The molecule has 1 heterocycles. The Bertz CT molecular complexity index is 1200. The minimum absolute atomic E-state index is 0.105. The van der Waals surface area contributed by atoms with Crippen molar-refractivity contribution in [1.29, 1.82) is 0 Å². The zero-order chi connectivity index (χ0) is 23.6. The van der Waals surface area contributed by atoms with E-state index in [0.29, 0.717) is 23.8 Å². The summed E-state index contributed by atoms with van der Waals surface area (Å²) in [5, 5.41) is 0. The Balaban J connectivity index is 1.28. The summed E-state index contributed by atoms with van der Waals surface area (Å²) in [6.07, 6.45) is 4.69. The molecule has 1 saturated heterocycles. The summed E-state index contributed by atoms with van der Waals surface area (Å²) >= 11 is 0. The lowest BCUT2D eigenvalue weighted by molar-refractivity contribution is -0.124. The molecule has 1 aliphatic heterocycles. The van der Waals surface area contributed by atoms with Gasteiger partial charge in [-0.1, -0.05) is 61.5 Å². The van der Waals surface area contributed by atoms with Gasteiger partial charge in [-0.2, -0.15) is 0 Å². The summed E-state index contributed by atoms with van der Waals surface area (Å²) in [4.78, 5) is 54.3. The molecule has 2 aromatic carbocycles. The van der Waals surface area contributed by atoms with Gasteiger partial charge in [0.15, 0.2) is 6.10 Å². The maximum Gasteiger partial charge on any atom is 0.341 e. The Kier molecular flexibility index (Phi) is 4.80. The van der Waals surface area contributed by atoms with Crippen LogP contribution >= 0.6 is 0 Å². The Morgan fingerprint density at radius 3 is 2.12 bits per heavy atom. The number of esters is 1. The molecular weight excluding hydrogens is 430 g/mol. The number of nitrogens with zero attached hydrogens (tertiary/aromatic N) is 1. The fraction of sp³-hybridized carbons (Fsp3) is 0.357. The Labute approximate surface area is 197 Å². The normalized spacial score (nSPS) is 31.1. The Hall–Kier alpha value is -3.54. The highest BCUT2D eigenvalue weighted by molar-refractivity contribution is 6.24. The molecule has 2 aromatic rings. The largest absolute Gasteiger partial charge is 0.450 e. The first-order chi connectivity index (χ1) is 16.5. The Morgan fingerprint density at radius 1 is 0.912 bits per heavy atom. The molecule has 0 spiro atoms. The lowest BCUT2D eigenvalue weighted by atomic mass is 9.63. The standard InChI is InChI=1S/C28H25NO5/c1-2-22(25(30)15-8-4-3-5-9-15)34-28(33)18-10-6-7-11-21(18)29-26(31)23-16-12-13-17(20-14-19(16)20)24(23)27(29)32/h3-13,16-17,19-20,22-24H,2,14H2,1H3/t16-,17-,19-,20-,22+,23-,24+/m1/s1. The van der Waals surface area contributed by atoms with Crippen molar-refractivity contribution in [3.05, 3.63) is 77.9 Å². The molecule has 0 N–H and O–H groups in total. The fourth-order valence-corrected chi connectivity index (χ4v) is 6.34. The highest BCUT2D eigenvalue weighted by Gasteiger charge is 2.67. The van der Waals surface area contributed by atoms with Crippen LogP contribution in [-0.4, -0.2) is 29.7 Å². The molecule has 7 rings (SSSR count). The number of imide groups is 1. The van der Waals surface area contributed by atoms with Crippen molar-refractivity contribution in [2.24, 2.45) is 35.5 Å². The van der Waals surface area contributed by atoms with Gasteiger partial charge in [-0.25, -0.2) is 9.69 Å². The number of hydrogen-bond acceptors (Lipinski definition) is 5. The van der Waals surface area contributed by atoms with Crippen LogP contribution in [0.5, 0.6) is 0 Å². The highest BCUT2D eigenvalue weighted by Crippen LogP contribution is 2.65. The molecule has 2 amide bonds. The molecule has 4 aliphatic carbocycles. The summed E-state index contributed by atoms with van der Waals surface area (Å²) in [6, 6.07) is 15.2. The number of allylic oxidation sites excluding steroid dienone is 2. The van der Waals surface area contributed by atoms with Crippen molar-refractivity contribution in [2.75, 3.05) is 4.90 Å². The quantitative estimate of drug-likeness (QED) is 0.284. The maximum atomic E-state index is 13.5. The molecule has 0 radical (unpaired) electrons. The smallest absolute Gasteiger partial charge is 0.341 e. The van der Waals surface area contributed by atoms with Gasteiger partial charge >= 0.3 is 5.97 Å². The first kappa shape index (κ1) is 21.0. The van der Waals surface area contributed by atoms with Gasteiger partial charge in [0.2, 0.25) is 17.6 Å².